The standard InChI is InChI=1S/C31H40N4O4/c1-20-15-35(21(2)19-36)31(38)25-9-7-10-26(30(25)39-28(20)18-33(3)16-22-12-13-22)32-29(37)14-23-17-34(4)27-11-6-5-8-24(23)27/h5-11,17,20-22,28,36H,12-16,18-19H2,1-4H3,(H,32,37)/t20-,21+,28+/m0/s1. The van der Waals surface area contributed by atoms with Crippen LogP contribution in [0.4, 0.5) is 5.69 Å². The number of aliphatic hydroxyl groups excluding tert-OH is 1. The van der Waals surface area contributed by atoms with E-state index in [2.05, 4.69) is 24.2 Å². The molecule has 1 aromatic heterocycles. The van der Waals surface area contributed by atoms with Gasteiger partial charge in [-0.1, -0.05) is 31.2 Å². The van der Waals surface area contributed by atoms with E-state index >= 15 is 0 Å². The fourth-order valence-electron chi connectivity index (χ4n) is 5.62. The number of benzene rings is 2. The second-order valence-corrected chi connectivity index (χ2v) is 11.5. The predicted molar refractivity (Wildman–Crippen MR) is 153 cm³/mol. The molecule has 2 N–H and O–H groups in total. The minimum absolute atomic E-state index is 0.0252. The summed E-state index contributed by atoms with van der Waals surface area (Å²) in [5.74, 6) is 0.808. The van der Waals surface area contributed by atoms with Crippen LogP contribution in [-0.2, 0) is 18.3 Å². The van der Waals surface area contributed by atoms with Gasteiger partial charge >= 0.3 is 0 Å². The zero-order valence-electron chi connectivity index (χ0n) is 23.4. The van der Waals surface area contributed by atoms with Gasteiger partial charge in [-0.15, -0.1) is 0 Å². The molecule has 2 heterocycles. The maximum atomic E-state index is 13.7. The average Bonchev–Trinajstić information content (AvgIpc) is 3.68. The Hall–Kier alpha value is -3.36. The van der Waals surface area contributed by atoms with Crippen LogP contribution >= 0.6 is 0 Å². The normalized spacial score (nSPS) is 20.4. The molecule has 1 saturated carbocycles. The Morgan fingerprint density at radius 2 is 1.95 bits per heavy atom. The lowest BCUT2D eigenvalue weighted by atomic mass is 9.99. The lowest BCUT2D eigenvalue weighted by molar-refractivity contribution is -0.115. The Kier molecular flexibility index (Phi) is 7.96. The van der Waals surface area contributed by atoms with Crippen molar-refractivity contribution in [2.45, 2.75) is 45.3 Å². The number of carbonyl (C=O) groups is 2. The van der Waals surface area contributed by atoms with Gasteiger partial charge in [0.1, 0.15) is 6.10 Å². The molecule has 1 aliphatic carbocycles. The molecule has 3 aromatic rings. The molecule has 0 unspecified atom stereocenters. The molecule has 39 heavy (non-hydrogen) atoms. The zero-order chi connectivity index (χ0) is 27.7. The van der Waals surface area contributed by atoms with E-state index in [1.54, 1.807) is 23.1 Å². The molecule has 1 aliphatic heterocycles. The second kappa shape index (κ2) is 11.4. The van der Waals surface area contributed by atoms with E-state index in [9.17, 15) is 14.7 Å². The van der Waals surface area contributed by atoms with Crippen molar-refractivity contribution in [3.63, 3.8) is 0 Å². The fourth-order valence-corrected chi connectivity index (χ4v) is 5.62. The number of aromatic nitrogens is 1. The van der Waals surface area contributed by atoms with Crippen LogP contribution in [0.2, 0.25) is 0 Å². The van der Waals surface area contributed by atoms with Crippen LogP contribution in [0.25, 0.3) is 10.9 Å². The first-order valence-electron chi connectivity index (χ1n) is 14.0. The predicted octanol–water partition coefficient (Wildman–Crippen LogP) is 3.92. The molecule has 0 radical (unpaired) electrons. The van der Waals surface area contributed by atoms with Crippen LogP contribution in [0.1, 0.15) is 42.6 Å². The number of rotatable bonds is 9. The van der Waals surface area contributed by atoms with Gasteiger partial charge in [0, 0.05) is 49.7 Å². The van der Waals surface area contributed by atoms with Crippen molar-refractivity contribution in [2.75, 3.05) is 38.6 Å². The summed E-state index contributed by atoms with van der Waals surface area (Å²) < 4.78 is 8.67. The highest BCUT2D eigenvalue weighted by Gasteiger charge is 2.35. The highest BCUT2D eigenvalue weighted by atomic mass is 16.5. The van der Waals surface area contributed by atoms with E-state index < -0.39 is 0 Å². The van der Waals surface area contributed by atoms with E-state index in [-0.39, 0.29) is 42.9 Å². The van der Waals surface area contributed by atoms with Crippen molar-refractivity contribution in [1.29, 1.82) is 0 Å². The summed E-state index contributed by atoms with van der Waals surface area (Å²) in [5.41, 5.74) is 2.91. The summed E-state index contributed by atoms with van der Waals surface area (Å²) >= 11 is 0. The Morgan fingerprint density at radius 1 is 1.18 bits per heavy atom. The van der Waals surface area contributed by atoms with Crippen molar-refractivity contribution < 1.29 is 19.4 Å². The summed E-state index contributed by atoms with van der Waals surface area (Å²) in [6, 6.07) is 13.0. The van der Waals surface area contributed by atoms with Crippen molar-refractivity contribution in [1.82, 2.24) is 14.4 Å². The highest BCUT2D eigenvalue weighted by molar-refractivity contribution is 6.02. The number of nitrogens with one attached hydrogen (secondary N) is 1. The second-order valence-electron chi connectivity index (χ2n) is 11.5. The zero-order valence-corrected chi connectivity index (χ0v) is 23.4. The average molecular weight is 533 g/mol. The fraction of sp³-hybridized carbons (Fsp3) is 0.484. The molecule has 5 rings (SSSR count). The van der Waals surface area contributed by atoms with Crippen LogP contribution in [0.5, 0.6) is 5.75 Å². The van der Waals surface area contributed by atoms with Gasteiger partial charge in [-0.25, -0.2) is 0 Å². The van der Waals surface area contributed by atoms with Crippen molar-refractivity contribution >= 4 is 28.4 Å². The van der Waals surface area contributed by atoms with Crippen molar-refractivity contribution in [3.8, 4) is 5.75 Å². The molecule has 0 spiro atoms. The summed E-state index contributed by atoms with van der Waals surface area (Å²) in [6.45, 7) is 6.05. The molecule has 208 valence electrons. The van der Waals surface area contributed by atoms with E-state index in [1.165, 1.54) is 12.8 Å². The summed E-state index contributed by atoms with van der Waals surface area (Å²) in [7, 11) is 4.09. The molecule has 2 amide bonds. The third-order valence-corrected chi connectivity index (χ3v) is 8.05. The summed E-state index contributed by atoms with van der Waals surface area (Å²) in [4.78, 5) is 31.1. The molecule has 2 aromatic carbocycles. The van der Waals surface area contributed by atoms with E-state index in [1.807, 2.05) is 49.0 Å². The molecule has 8 nitrogen and oxygen atoms in total. The minimum atomic E-state index is -0.333. The molecular formula is C31H40N4O4. The Balaban J connectivity index is 1.44. The molecule has 0 bridgehead atoms. The largest absolute Gasteiger partial charge is 0.486 e. The summed E-state index contributed by atoms with van der Waals surface area (Å²) in [5, 5.41) is 14.0. The monoisotopic (exact) mass is 532 g/mol. The molecule has 0 saturated heterocycles. The minimum Gasteiger partial charge on any atom is -0.486 e. The maximum Gasteiger partial charge on any atom is 0.258 e. The third-order valence-electron chi connectivity index (χ3n) is 8.05. The van der Waals surface area contributed by atoms with Gasteiger partial charge in [0.15, 0.2) is 5.75 Å². The number of anilines is 1. The first kappa shape index (κ1) is 27.2. The number of hydrogen-bond donors (Lipinski definition) is 2. The number of carbonyl (C=O) groups excluding carboxylic acids is 2. The summed E-state index contributed by atoms with van der Waals surface area (Å²) in [6.07, 6.45) is 4.55. The van der Waals surface area contributed by atoms with Crippen LogP contribution in [0.15, 0.2) is 48.7 Å². The first-order valence-corrected chi connectivity index (χ1v) is 14.0. The van der Waals surface area contributed by atoms with E-state index in [0.717, 1.165) is 28.9 Å². The van der Waals surface area contributed by atoms with Gasteiger partial charge in [0.25, 0.3) is 5.91 Å². The lowest BCUT2D eigenvalue weighted by Gasteiger charge is -2.38. The van der Waals surface area contributed by atoms with Crippen molar-refractivity contribution in [3.05, 3.63) is 59.8 Å². The van der Waals surface area contributed by atoms with Gasteiger partial charge in [-0.3, -0.25) is 9.59 Å². The van der Waals surface area contributed by atoms with Crippen LogP contribution < -0.4 is 10.1 Å². The topological polar surface area (TPSA) is 87.0 Å². The number of aliphatic hydroxyl groups is 1. The number of nitrogens with zero attached hydrogens (tertiary/aromatic N) is 3. The number of fused-ring (bicyclic) bond motifs is 2. The number of likely N-dealkylation sites (N-methyl/N-ethyl adjacent to an activating group) is 1. The molecule has 2 aliphatic rings. The number of amides is 2. The van der Waals surface area contributed by atoms with E-state index in [0.29, 0.717) is 30.1 Å². The van der Waals surface area contributed by atoms with Gasteiger partial charge in [-0.2, -0.15) is 0 Å². The molecule has 8 heteroatoms. The van der Waals surface area contributed by atoms with Crippen LogP contribution in [0, 0.1) is 11.8 Å². The number of hydrogen-bond acceptors (Lipinski definition) is 5. The lowest BCUT2D eigenvalue weighted by Crippen LogP contribution is -2.50. The number of ether oxygens (including phenoxy) is 1. The van der Waals surface area contributed by atoms with Gasteiger partial charge < -0.3 is 29.5 Å². The maximum absolute atomic E-state index is 13.7. The third kappa shape index (κ3) is 5.97. The van der Waals surface area contributed by atoms with Crippen molar-refractivity contribution in [2.24, 2.45) is 18.9 Å². The Morgan fingerprint density at radius 3 is 2.69 bits per heavy atom. The van der Waals surface area contributed by atoms with Gasteiger partial charge in [0.05, 0.1) is 30.3 Å². The smallest absolute Gasteiger partial charge is 0.258 e. The van der Waals surface area contributed by atoms with Crippen LogP contribution in [0.3, 0.4) is 0 Å². The van der Waals surface area contributed by atoms with Crippen LogP contribution in [-0.4, -0.2) is 76.7 Å². The molecular weight excluding hydrogens is 492 g/mol. The molecule has 1 fully saturated rings. The Bertz CT molecular complexity index is 1350. The quantitative estimate of drug-likeness (QED) is 0.436. The molecule has 3 atom stereocenters. The Labute approximate surface area is 230 Å². The first-order chi connectivity index (χ1) is 18.7. The van der Waals surface area contributed by atoms with Gasteiger partial charge in [0.2, 0.25) is 5.91 Å². The van der Waals surface area contributed by atoms with Gasteiger partial charge in [-0.05, 0) is 56.5 Å². The highest BCUT2D eigenvalue weighted by Crippen LogP contribution is 2.36. The van der Waals surface area contributed by atoms with E-state index in [4.69, 9.17) is 4.74 Å². The SMILES string of the molecule is C[C@H](CO)N1C[C@H](C)[C@@H](CN(C)CC2CC2)Oc2c(NC(=O)Cc3cn(C)c4ccccc34)cccc2C1=O. The number of aryl methyl sites for hydroxylation is 1. The number of para-hydroxylation sites is 2.